The Balaban J connectivity index is 0.00000103. The SMILES string of the molecule is C=O.CC.CC1CCC1.CC1CCC1.CCCC.CCCC(=O)CC1CCC2(C)C(=CCC3C2CCC2(C)C(CCCCC(C)C)CCC32)C1.COCC=O. The van der Waals surface area contributed by atoms with Crippen molar-refractivity contribution >= 4 is 18.9 Å². The minimum absolute atomic E-state index is 0.208. The summed E-state index contributed by atoms with van der Waals surface area (Å²) in [5, 5.41) is 0. The third-order valence-corrected chi connectivity index (χ3v) is 14.6. The Labute approximate surface area is 344 Å². The molecule has 6 rings (SSSR count). The predicted octanol–water partition coefficient (Wildman–Crippen LogP) is 15.2. The smallest absolute Gasteiger partial charge is 0.145 e. The van der Waals surface area contributed by atoms with E-state index in [1.165, 1.54) is 136 Å². The van der Waals surface area contributed by atoms with Crippen LogP contribution >= 0.6 is 0 Å². The number of ether oxygens (including phenoxy) is 1. The van der Waals surface area contributed by atoms with Crippen LogP contribution in [0.25, 0.3) is 0 Å². The summed E-state index contributed by atoms with van der Waals surface area (Å²) < 4.78 is 4.32. The van der Waals surface area contributed by atoms with E-state index < -0.39 is 0 Å². The third-order valence-electron chi connectivity index (χ3n) is 14.6. The van der Waals surface area contributed by atoms with E-state index in [1.54, 1.807) is 5.57 Å². The first-order valence-electron chi connectivity index (χ1n) is 23.8. The molecule has 0 amide bonds. The number of hydrogen-bond acceptors (Lipinski definition) is 4. The molecule has 0 aromatic carbocycles. The second kappa shape index (κ2) is 30.7. The molecule has 0 saturated heterocycles. The molecular formula is C51H96O4. The molecule has 4 heteroatoms. The zero-order valence-corrected chi connectivity index (χ0v) is 39.1. The van der Waals surface area contributed by atoms with Crippen LogP contribution in [0.15, 0.2) is 11.6 Å². The lowest BCUT2D eigenvalue weighted by atomic mass is 9.46. The van der Waals surface area contributed by atoms with Crippen LogP contribution in [-0.4, -0.2) is 32.6 Å². The normalized spacial score (nSPS) is 30.0. The fraction of sp³-hybridized carbons (Fsp3) is 0.902. The largest absolute Gasteiger partial charge is 0.377 e. The van der Waals surface area contributed by atoms with E-state index in [4.69, 9.17) is 4.79 Å². The van der Waals surface area contributed by atoms with E-state index in [1.807, 2.05) is 20.6 Å². The fourth-order valence-electron chi connectivity index (χ4n) is 10.4. The Morgan fingerprint density at radius 1 is 0.855 bits per heavy atom. The van der Waals surface area contributed by atoms with E-state index in [2.05, 4.69) is 73.1 Å². The van der Waals surface area contributed by atoms with Crippen molar-refractivity contribution in [3.8, 4) is 0 Å². The summed E-state index contributed by atoms with van der Waals surface area (Å²) >= 11 is 0. The molecule has 7 atom stereocenters. The van der Waals surface area contributed by atoms with Gasteiger partial charge in [-0.25, -0.2) is 0 Å². The number of rotatable bonds is 12. The van der Waals surface area contributed by atoms with Gasteiger partial charge >= 0.3 is 0 Å². The van der Waals surface area contributed by atoms with Crippen LogP contribution < -0.4 is 0 Å². The molecule has 324 valence electrons. The van der Waals surface area contributed by atoms with E-state index in [0.29, 0.717) is 28.8 Å². The number of fused-ring (bicyclic) bond motifs is 5. The third kappa shape index (κ3) is 18.5. The molecule has 4 nitrogen and oxygen atoms in total. The first-order chi connectivity index (χ1) is 26.4. The number of ketones is 1. The maximum atomic E-state index is 12.3. The lowest BCUT2D eigenvalue weighted by Crippen LogP contribution is -2.50. The molecule has 0 bridgehead atoms. The highest BCUT2D eigenvalue weighted by atomic mass is 16.5. The molecule has 0 aliphatic heterocycles. The van der Waals surface area contributed by atoms with Crippen molar-refractivity contribution < 1.29 is 19.1 Å². The fourth-order valence-corrected chi connectivity index (χ4v) is 10.4. The Hall–Kier alpha value is -1.29. The van der Waals surface area contributed by atoms with Gasteiger partial charge in [-0.2, -0.15) is 0 Å². The van der Waals surface area contributed by atoms with Gasteiger partial charge in [-0.15, -0.1) is 0 Å². The standard InChI is InChI=1S/C31H52O.2C5H10.C4H10.C3H6O2.C2H6.CH2O/c1-6-9-26(32)21-23-16-18-31(5)25(20-23)12-14-27-28-15-13-24(11-8-7-10-22(2)3)30(28,4)19-17-29(27)31;2*1-5-3-2-4-5;1-3-4-2;1-5-3-2-4;2*1-2/h12,22-24,27-29H,6-11,13-21H2,1-5H3;2*5H,2-4H2,1H3;3-4H2,1-2H3;2H,3H2,1H3;1-2H3;1H2. The van der Waals surface area contributed by atoms with Gasteiger partial charge in [0.2, 0.25) is 0 Å². The summed E-state index contributed by atoms with van der Waals surface area (Å²) in [5.74, 6) is 7.92. The second-order valence-corrected chi connectivity index (χ2v) is 19.1. The summed E-state index contributed by atoms with van der Waals surface area (Å²) in [4.78, 5) is 29.6. The molecule has 5 saturated carbocycles. The van der Waals surface area contributed by atoms with Crippen molar-refractivity contribution in [2.24, 2.45) is 58.2 Å². The summed E-state index contributed by atoms with van der Waals surface area (Å²) in [6, 6.07) is 0. The predicted molar refractivity (Wildman–Crippen MR) is 240 cm³/mol. The average Bonchev–Trinajstić information content (AvgIpc) is 3.50. The Bertz CT molecular complexity index is 981. The molecular weight excluding hydrogens is 677 g/mol. The molecule has 55 heavy (non-hydrogen) atoms. The van der Waals surface area contributed by atoms with E-state index in [0.717, 1.165) is 60.7 Å². The van der Waals surface area contributed by atoms with E-state index in [-0.39, 0.29) is 6.61 Å². The molecule has 0 aromatic heterocycles. The maximum Gasteiger partial charge on any atom is 0.145 e. The van der Waals surface area contributed by atoms with Crippen LogP contribution in [0.1, 0.15) is 224 Å². The number of Topliss-reactive ketones (excluding diaryl/α,β-unsaturated/α-hetero) is 1. The number of carbonyl (C=O) groups excluding carboxylic acids is 3. The highest BCUT2D eigenvalue weighted by Gasteiger charge is 2.58. The summed E-state index contributed by atoms with van der Waals surface area (Å²) in [6.07, 6.45) is 34.5. The summed E-state index contributed by atoms with van der Waals surface area (Å²) in [6.45, 7) is 27.4. The van der Waals surface area contributed by atoms with Crippen molar-refractivity contribution in [3.63, 3.8) is 0 Å². The molecule has 0 aromatic rings. The maximum absolute atomic E-state index is 12.3. The Morgan fingerprint density at radius 2 is 1.44 bits per heavy atom. The molecule has 6 aliphatic rings. The summed E-state index contributed by atoms with van der Waals surface area (Å²) in [5.41, 5.74) is 2.81. The Kier molecular flexibility index (Phi) is 30.0. The molecule has 0 radical (unpaired) electrons. The van der Waals surface area contributed by atoms with Crippen molar-refractivity contribution in [2.45, 2.75) is 224 Å². The lowest BCUT2D eigenvalue weighted by Gasteiger charge is -2.58. The molecule has 7 unspecified atom stereocenters. The van der Waals surface area contributed by atoms with E-state index in [9.17, 15) is 9.59 Å². The first-order valence-corrected chi connectivity index (χ1v) is 23.8. The van der Waals surface area contributed by atoms with Gasteiger partial charge in [-0.1, -0.05) is 158 Å². The molecule has 0 N–H and O–H groups in total. The van der Waals surface area contributed by atoms with Crippen molar-refractivity contribution in [1.82, 2.24) is 0 Å². The van der Waals surface area contributed by atoms with Gasteiger partial charge in [0.1, 0.15) is 25.5 Å². The molecule has 0 spiro atoms. The van der Waals surface area contributed by atoms with Crippen molar-refractivity contribution in [3.05, 3.63) is 11.6 Å². The number of hydrogen-bond donors (Lipinski definition) is 0. The molecule has 5 fully saturated rings. The topological polar surface area (TPSA) is 60.4 Å². The Morgan fingerprint density at radius 3 is 1.87 bits per heavy atom. The van der Waals surface area contributed by atoms with Gasteiger partial charge in [-0.3, -0.25) is 4.79 Å². The van der Waals surface area contributed by atoms with Crippen LogP contribution in [0, 0.1) is 58.2 Å². The van der Waals surface area contributed by atoms with Gasteiger partial charge in [0.15, 0.2) is 0 Å². The summed E-state index contributed by atoms with van der Waals surface area (Å²) in [7, 11) is 1.48. The lowest BCUT2D eigenvalue weighted by molar-refractivity contribution is -0.120. The minimum atomic E-state index is 0.208. The zero-order valence-electron chi connectivity index (χ0n) is 39.1. The quantitative estimate of drug-likeness (QED) is 0.113. The molecule has 0 heterocycles. The van der Waals surface area contributed by atoms with Gasteiger partial charge in [0.25, 0.3) is 0 Å². The minimum Gasteiger partial charge on any atom is -0.377 e. The van der Waals surface area contributed by atoms with Crippen LogP contribution in [-0.2, 0) is 19.1 Å². The van der Waals surface area contributed by atoms with E-state index >= 15 is 0 Å². The first kappa shape index (κ1) is 53.7. The van der Waals surface area contributed by atoms with Gasteiger partial charge in [0.05, 0.1) is 0 Å². The van der Waals surface area contributed by atoms with Crippen molar-refractivity contribution in [2.75, 3.05) is 13.7 Å². The number of unbranched alkanes of at least 4 members (excludes halogenated alkanes) is 2. The monoisotopic (exact) mass is 773 g/mol. The average molecular weight is 773 g/mol. The van der Waals surface area contributed by atoms with Crippen LogP contribution in [0.2, 0.25) is 0 Å². The highest BCUT2D eigenvalue weighted by molar-refractivity contribution is 5.78. The van der Waals surface area contributed by atoms with Crippen molar-refractivity contribution in [1.29, 1.82) is 0 Å². The van der Waals surface area contributed by atoms with Gasteiger partial charge in [0, 0.05) is 20.0 Å². The number of methoxy groups -OCH3 is 1. The second-order valence-electron chi connectivity index (χ2n) is 19.1. The zero-order chi connectivity index (χ0) is 41.9. The van der Waals surface area contributed by atoms with Gasteiger partial charge < -0.3 is 14.3 Å². The van der Waals surface area contributed by atoms with Crippen LogP contribution in [0.4, 0.5) is 0 Å². The van der Waals surface area contributed by atoms with Gasteiger partial charge in [-0.05, 0) is 122 Å². The number of aldehydes is 1. The number of allylic oxidation sites excluding steroid dienone is 2. The molecule has 6 aliphatic carbocycles. The number of carbonyl (C=O) groups is 3. The van der Waals surface area contributed by atoms with Crippen LogP contribution in [0.5, 0.6) is 0 Å². The van der Waals surface area contributed by atoms with Crippen LogP contribution in [0.3, 0.4) is 0 Å². The highest BCUT2D eigenvalue weighted by Crippen LogP contribution is 2.67.